The molecule has 0 aliphatic heterocycles. The average Bonchev–Trinajstić information content (AvgIpc) is 2.47. The number of rotatable bonds is 5. The molecule has 2 rings (SSSR count). The Bertz CT molecular complexity index is 679. The minimum absolute atomic E-state index is 0.454. The highest BCUT2D eigenvalue weighted by Crippen LogP contribution is 2.16. The Hall–Kier alpha value is -2.20. The summed E-state index contributed by atoms with van der Waals surface area (Å²) in [5.74, 6) is 0. The molecule has 128 valence electrons. The highest BCUT2D eigenvalue weighted by atomic mass is 35.5. The Morgan fingerprint density at radius 1 is 1.08 bits per heavy atom. The van der Waals surface area contributed by atoms with Crippen molar-refractivity contribution in [2.45, 2.75) is 32.8 Å². The van der Waals surface area contributed by atoms with Crippen LogP contribution in [0.2, 0.25) is 5.02 Å². The number of ether oxygens (including phenoxy) is 1. The number of carbonyl (C=O) groups excluding carboxylic acids is 1. The van der Waals surface area contributed by atoms with Gasteiger partial charge < -0.3 is 10.1 Å². The molecule has 0 spiro atoms. The molecule has 2 N–H and O–H groups in total. The first kappa shape index (κ1) is 18.1. The molecular weight excluding hydrogens is 324 g/mol. The molecule has 0 aliphatic rings. The normalized spacial score (nSPS) is 11.0. The number of carbonyl (C=O) groups is 1. The van der Waals surface area contributed by atoms with Gasteiger partial charge in [-0.2, -0.15) is 0 Å². The monoisotopic (exact) mass is 346 g/mol. The minimum atomic E-state index is -0.508. The van der Waals surface area contributed by atoms with Gasteiger partial charge >= 0.3 is 6.09 Å². The number of hydrogen-bond donors (Lipinski definition) is 2. The van der Waals surface area contributed by atoms with Crippen molar-refractivity contribution in [1.82, 2.24) is 0 Å². The van der Waals surface area contributed by atoms with Crippen LogP contribution in [-0.2, 0) is 11.2 Å². The van der Waals surface area contributed by atoms with Crippen LogP contribution in [-0.4, -0.2) is 18.2 Å². The van der Waals surface area contributed by atoms with E-state index in [9.17, 15) is 4.79 Å². The first-order valence-electron chi connectivity index (χ1n) is 7.90. The van der Waals surface area contributed by atoms with Gasteiger partial charge in [-0.3, -0.25) is 5.32 Å². The van der Waals surface area contributed by atoms with E-state index in [1.54, 1.807) is 0 Å². The van der Waals surface area contributed by atoms with Crippen molar-refractivity contribution in [2.75, 3.05) is 17.2 Å². The van der Waals surface area contributed by atoms with Crippen LogP contribution in [0, 0.1) is 0 Å². The standard InChI is InChI=1S/C19H23ClN2O2/c1-19(2,3)24-18(23)22-17-9-7-16(8-10-17)21-12-11-14-5-4-6-15(20)13-14/h4-10,13,21H,11-12H2,1-3H3,(H,22,23). The molecule has 24 heavy (non-hydrogen) atoms. The van der Waals surface area contributed by atoms with Crippen LogP contribution in [0.5, 0.6) is 0 Å². The van der Waals surface area contributed by atoms with Crippen molar-refractivity contribution in [2.24, 2.45) is 0 Å². The van der Waals surface area contributed by atoms with Crippen molar-refractivity contribution >= 4 is 29.1 Å². The van der Waals surface area contributed by atoms with Crippen LogP contribution in [0.25, 0.3) is 0 Å². The van der Waals surface area contributed by atoms with Crippen molar-refractivity contribution in [3.8, 4) is 0 Å². The quantitative estimate of drug-likeness (QED) is 0.768. The van der Waals surface area contributed by atoms with Gasteiger partial charge in [-0.1, -0.05) is 23.7 Å². The van der Waals surface area contributed by atoms with E-state index in [-0.39, 0.29) is 0 Å². The predicted molar refractivity (Wildman–Crippen MR) is 99.9 cm³/mol. The lowest BCUT2D eigenvalue weighted by molar-refractivity contribution is 0.0636. The Morgan fingerprint density at radius 3 is 2.38 bits per heavy atom. The minimum Gasteiger partial charge on any atom is -0.444 e. The molecule has 2 aromatic rings. The number of amides is 1. The van der Waals surface area contributed by atoms with Crippen LogP contribution in [0.1, 0.15) is 26.3 Å². The maximum Gasteiger partial charge on any atom is 0.412 e. The molecule has 4 nitrogen and oxygen atoms in total. The summed E-state index contributed by atoms with van der Waals surface area (Å²) in [6, 6.07) is 15.4. The summed E-state index contributed by atoms with van der Waals surface area (Å²) in [4.78, 5) is 11.7. The summed E-state index contributed by atoms with van der Waals surface area (Å²) < 4.78 is 5.22. The van der Waals surface area contributed by atoms with E-state index >= 15 is 0 Å². The molecule has 0 saturated carbocycles. The predicted octanol–water partition coefficient (Wildman–Crippen LogP) is 5.34. The summed E-state index contributed by atoms with van der Waals surface area (Å²) in [6.45, 7) is 6.30. The van der Waals surface area contributed by atoms with E-state index in [0.717, 1.165) is 23.7 Å². The molecule has 0 fully saturated rings. The van der Waals surface area contributed by atoms with Crippen LogP contribution >= 0.6 is 11.6 Å². The maximum atomic E-state index is 11.7. The van der Waals surface area contributed by atoms with Gasteiger partial charge in [0.15, 0.2) is 0 Å². The van der Waals surface area contributed by atoms with Gasteiger partial charge in [0.05, 0.1) is 0 Å². The van der Waals surface area contributed by atoms with E-state index in [0.29, 0.717) is 5.69 Å². The van der Waals surface area contributed by atoms with Gasteiger partial charge in [0.25, 0.3) is 0 Å². The number of hydrogen-bond acceptors (Lipinski definition) is 3. The molecule has 5 heteroatoms. The lowest BCUT2D eigenvalue weighted by Crippen LogP contribution is -2.27. The van der Waals surface area contributed by atoms with Gasteiger partial charge in [0.1, 0.15) is 5.60 Å². The fraction of sp³-hybridized carbons (Fsp3) is 0.316. The summed E-state index contributed by atoms with van der Waals surface area (Å²) in [7, 11) is 0. The highest BCUT2D eigenvalue weighted by molar-refractivity contribution is 6.30. The third-order valence-corrected chi connectivity index (χ3v) is 3.40. The van der Waals surface area contributed by atoms with Crippen LogP contribution in [0.3, 0.4) is 0 Å². The molecule has 0 bridgehead atoms. The Balaban J connectivity index is 1.80. The zero-order chi connectivity index (χ0) is 17.6. The molecule has 0 unspecified atom stereocenters. The molecule has 1 amide bonds. The number of nitrogens with one attached hydrogen (secondary N) is 2. The Kier molecular flexibility index (Phi) is 6.10. The summed E-state index contributed by atoms with van der Waals surface area (Å²) in [6.07, 6.45) is 0.433. The van der Waals surface area contributed by atoms with E-state index in [2.05, 4.69) is 16.7 Å². The summed E-state index contributed by atoms with van der Waals surface area (Å²) in [5, 5.41) is 6.81. The maximum absolute atomic E-state index is 11.7. The van der Waals surface area contributed by atoms with Gasteiger partial charge in [-0.25, -0.2) is 4.79 Å². The van der Waals surface area contributed by atoms with Crippen LogP contribution < -0.4 is 10.6 Å². The third-order valence-electron chi connectivity index (χ3n) is 3.16. The van der Waals surface area contributed by atoms with E-state index < -0.39 is 11.7 Å². The molecule has 0 aromatic heterocycles. The lowest BCUT2D eigenvalue weighted by Gasteiger charge is -2.19. The molecule has 0 aliphatic carbocycles. The SMILES string of the molecule is CC(C)(C)OC(=O)Nc1ccc(NCCc2cccc(Cl)c2)cc1. The lowest BCUT2D eigenvalue weighted by atomic mass is 10.1. The van der Waals surface area contributed by atoms with Crippen LogP contribution in [0.15, 0.2) is 48.5 Å². The third kappa shape index (κ3) is 6.50. The average molecular weight is 347 g/mol. The van der Waals surface area contributed by atoms with Gasteiger partial charge in [0.2, 0.25) is 0 Å². The zero-order valence-electron chi connectivity index (χ0n) is 14.2. The zero-order valence-corrected chi connectivity index (χ0v) is 15.0. The summed E-state index contributed by atoms with van der Waals surface area (Å²) in [5.41, 5.74) is 2.38. The van der Waals surface area contributed by atoms with Gasteiger partial charge in [-0.15, -0.1) is 0 Å². The smallest absolute Gasteiger partial charge is 0.412 e. The van der Waals surface area contributed by atoms with Crippen molar-refractivity contribution in [3.63, 3.8) is 0 Å². The number of halogens is 1. The highest BCUT2D eigenvalue weighted by Gasteiger charge is 2.15. The second-order valence-corrected chi connectivity index (χ2v) is 6.95. The fourth-order valence-corrected chi connectivity index (χ4v) is 2.35. The van der Waals surface area contributed by atoms with Gasteiger partial charge in [0, 0.05) is 22.9 Å². The van der Waals surface area contributed by atoms with E-state index in [4.69, 9.17) is 16.3 Å². The summed E-state index contributed by atoms with van der Waals surface area (Å²) >= 11 is 5.97. The number of benzene rings is 2. The molecule has 0 atom stereocenters. The van der Waals surface area contributed by atoms with Crippen molar-refractivity contribution in [3.05, 3.63) is 59.1 Å². The second kappa shape index (κ2) is 8.06. The number of anilines is 2. The van der Waals surface area contributed by atoms with E-state index in [1.165, 1.54) is 5.56 Å². The Morgan fingerprint density at radius 2 is 1.75 bits per heavy atom. The van der Waals surface area contributed by atoms with Crippen molar-refractivity contribution < 1.29 is 9.53 Å². The second-order valence-electron chi connectivity index (χ2n) is 6.51. The molecule has 2 aromatic carbocycles. The fourth-order valence-electron chi connectivity index (χ4n) is 2.14. The van der Waals surface area contributed by atoms with E-state index in [1.807, 2.05) is 63.2 Å². The first-order valence-corrected chi connectivity index (χ1v) is 8.28. The first-order chi connectivity index (χ1) is 11.3. The molecular formula is C19H23ClN2O2. The van der Waals surface area contributed by atoms with Crippen LogP contribution in [0.4, 0.5) is 16.2 Å². The molecule has 0 radical (unpaired) electrons. The Labute approximate surface area is 148 Å². The largest absolute Gasteiger partial charge is 0.444 e. The molecule has 0 saturated heterocycles. The van der Waals surface area contributed by atoms with Gasteiger partial charge in [-0.05, 0) is 69.2 Å². The van der Waals surface area contributed by atoms with Crippen molar-refractivity contribution in [1.29, 1.82) is 0 Å². The molecule has 0 heterocycles. The topological polar surface area (TPSA) is 50.4 Å².